The van der Waals surface area contributed by atoms with Crippen LogP contribution >= 0.6 is 23.5 Å². The molecule has 698 valence electrons. The summed E-state index contributed by atoms with van der Waals surface area (Å²) in [5.74, 6) is 2.04. The van der Waals surface area contributed by atoms with Crippen molar-refractivity contribution in [3.8, 4) is 12.4 Å². The number of alkyl carbamates (subject to hydrolysis) is 1. The van der Waals surface area contributed by atoms with E-state index in [0.717, 1.165) is 163 Å². The number of fused-ring (bicyclic) bond motifs is 21. The second kappa shape index (κ2) is 34.4. The van der Waals surface area contributed by atoms with Gasteiger partial charge in [0.05, 0.1) is 19.7 Å². The number of nitriles is 2. The summed E-state index contributed by atoms with van der Waals surface area (Å²) in [5.41, 5.74) is 10.6. The molecule has 0 aliphatic heterocycles. The average Bonchev–Trinajstić information content (AvgIpc) is 0.677. The van der Waals surface area contributed by atoms with Crippen molar-refractivity contribution < 1.29 is 38.3 Å². The molecule has 9 saturated carbocycles. The third-order valence-electron chi connectivity index (χ3n) is 39.3. The van der Waals surface area contributed by atoms with E-state index >= 15 is 0 Å². The van der Waals surface area contributed by atoms with Crippen LogP contribution in [0.1, 0.15) is 314 Å². The van der Waals surface area contributed by atoms with Gasteiger partial charge >= 0.3 is 6.09 Å². The molecule has 0 aromatic rings. The summed E-state index contributed by atoms with van der Waals surface area (Å²) in [5, 5.41) is 23.2. The van der Waals surface area contributed by atoms with Crippen LogP contribution in [-0.4, -0.2) is 96.3 Å². The summed E-state index contributed by atoms with van der Waals surface area (Å²) in [4.78, 5) is 115. The fourth-order valence-electron chi connectivity index (χ4n) is 31.7. The molecule has 15 aliphatic rings. The van der Waals surface area contributed by atoms with Gasteiger partial charge in [-0.25, -0.2) is 19.3 Å². The number of carbonyl (C=O) groups is 7. The van der Waals surface area contributed by atoms with E-state index in [2.05, 4.69) is 145 Å². The molecule has 0 aromatic heterocycles. The first-order valence-electron chi connectivity index (χ1n) is 47.8. The maximum absolute atomic E-state index is 14.6. The quantitative estimate of drug-likeness (QED) is 0.0632. The first-order chi connectivity index (χ1) is 59.2. The van der Waals surface area contributed by atoms with Gasteiger partial charge in [0.2, 0.25) is 23.3 Å². The maximum Gasteiger partial charge on any atom is 0.407 e. The highest BCUT2D eigenvalue weighted by Gasteiger charge is 2.75. The van der Waals surface area contributed by atoms with Crippen LogP contribution in [0, 0.1) is 193 Å². The molecule has 19 nitrogen and oxygen atoms in total. The molecule has 9 fully saturated rings. The van der Waals surface area contributed by atoms with Crippen LogP contribution in [0.2, 0.25) is 0 Å². The highest BCUT2D eigenvalue weighted by atomic mass is 32.2. The van der Waals surface area contributed by atoms with E-state index in [1.807, 2.05) is 117 Å². The predicted molar refractivity (Wildman–Crippen MR) is 514 cm³/mol. The Labute approximate surface area is 777 Å². The number of allylic oxidation sites excluding steroid dienone is 12. The lowest BCUT2D eigenvalue weighted by molar-refractivity contribution is -0.172. The largest absolute Gasteiger partial charge is 0.444 e. The summed E-state index contributed by atoms with van der Waals surface area (Å²) < 4.78 is 6.42. The number of Topliss-reactive ketones (excluding diaryl/α,β-unsaturated/α-hetero) is 3. The Morgan fingerprint density at radius 2 is 0.812 bits per heavy atom. The van der Waals surface area contributed by atoms with E-state index in [1.54, 1.807) is 13.2 Å². The molecule has 0 bridgehead atoms. The molecule has 15 rings (SSSR count). The minimum Gasteiger partial charge on any atom is -0.444 e. The number of thioether (sulfide) groups is 2. The highest BCUT2D eigenvalue weighted by molar-refractivity contribution is 8.38. The van der Waals surface area contributed by atoms with Crippen LogP contribution in [0.5, 0.6) is 0 Å². The third kappa shape index (κ3) is 16.0. The van der Waals surface area contributed by atoms with E-state index in [-0.39, 0.29) is 170 Å². The van der Waals surface area contributed by atoms with Gasteiger partial charge in [0.25, 0.3) is 0 Å². The lowest BCUT2D eigenvalue weighted by Gasteiger charge is -2.69. The summed E-state index contributed by atoms with van der Waals surface area (Å²) in [6, 6.07) is 0. The molecule has 21 atom stereocenters. The van der Waals surface area contributed by atoms with Crippen LogP contribution in [-0.2, 0) is 33.5 Å². The van der Waals surface area contributed by atoms with Gasteiger partial charge in [0.15, 0.2) is 40.9 Å². The van der Waals surface area contributed by atoms with Crippen molar-refractivity contribution in [2.24, 2.45) is 172 Å². The number of aliphatic imine (C=N–C) groups is 2. The fourth-order valence-corrected chi connectivity index (χ4v) is 32.6. The number of nitrogens with one attached hydrogen (secondary N) is 2. The normalized spacial score (nSPS) is 41.0. The smallest absolute Gasteiger partial charge is 0.407 e. The fraction of sp³-hybridized carbons (Fsp3) is 0.757. The number of amides is 1. The van der Waals surface area contributed by atoms with Gasteiger partial charge < -0.3 is 35.9 Å². The molecule has 0 unspecified atom stereocenters. The molecule has 128 heavy (non-hydrogen) atoms. The molecular weight excluding hydrogens is 1630 g/mol. The van der Waals surface area contributed by atoms with Crippen LogP contribution in [0.15, 0.2) is 80.3 Å². The number of amidine groups is 1. The third-order valence-corrected chi connectivity index (χ3v) is 41.2. The summed E-state index contributed by atoms with van der Waals surface area (Å²) in [7, 11) is 3.24. The van der Waals surface area contributed by atoms with Crippen LogP contribution in [0.4, 0.5) is 4.79 Å². The summed E-state index contributed by atoms with van der Waals surface area (Å²) in [6.45, 7) is 77.1. The molecule has 0 spiro atoms. The Balaban J connectivity index is 0.000000177. The van der Waals surface area contributed by atoms with Gasteiger partial charge in [0.1, 0.15) is 15.8 Å². The molecule has 0 heterocycles. The first kappa shape index (κ1) is 101. The van der Waals surface area contributed by atoms with Crippen LogP contribution in [0.25, 0.3) is 14.5 Å². The van der Waals surface area contributed by atoms with E-state index in [4.69, 9.17) is 35.4 Å². The standard InChI is InChI=1S/C36H52N2O4.C35H48N4O2.C31H44N2O2.C4H6N2S2.CH5N/c1-30(2,3)42-29(41)38-21-36-16-14-31(4,5)19-22(36)27-24(39)18-26-33(8)20-23(37-11)28(40)32(6,7)25(33)12-13-34(26,9)35(27,10)15-17-36;1-30(2)14-16-35(13-11-27(38-9)39-21-36)17-15-34(7)28(22(35)19-30)24(40)18-26-32(5)20-23(37-8)29(41)31(3,4)25(32)10-12-33(26,34)6;1-26(2)11-13-31(18-32)14-12-30(7)24(19(31)16-26)21(34)15-23-28(5)17-20(33-8)25(35)27(3,4)22(28)9-10-29(23,30)6;1-7-4(8-2)6-3-5;1-2/h18,20,22,25,27H,12-17,19,21H2,1-10H3,(H,38,41);18,20,22,25,28H,10-17,19H2,1-7,9H3,(H,38,39);15,17,19,22,24H,9-14,16,18,32H2,1-7H3;1-2H3;2H2,1H3/t22-,25-,27-,33-,34+,35+,36+;22-,25-,28-,32-,33+,34+,35+;19-,22-,24-,28-,29+,30+,31+;;/m000../s1. The van der Waals surface area contributed by atoms with Crippen LogP contribution < -0.4 is 22.1 Å². The molecule has 6 N–H and O–H groups in total. The number of hydrogen-bond donors (Lipinski definition) is 4. The van der Waals surface area contributed by atoms with Gasteiger partial charge in [0, 0.05) is 70.3 Å². The molecule has 0 saturated heterocycles. The Morgan fingerprint density at radius 3 is 1.12 bits per heavy atom. The number of carbonyl (C=O) groups excluding carboxylic acids is 7. The van der Waals surface area contributed by atoms with Crippen molar-refractivity contribution in [1.29, 1.82) is 10.5 Å². The highest BCUT2D eigenvalue weighted by Crippen LogP contribution is 2.80. The Hall–Kier alpha value is -7.06. The second-order valence-corrected chi connectivity index (χ2v) is 51.0. The number of nitrogens with two attached hydrogens (primary N) is 2. The zero-order chi connectivity index (χ0) is 95.8. The van der Waals surface area contributed by atoms with Crippen molar-refractivity contribution in [1.82, 2.24) is 10.6 Å². The number of hydrogen-bond acceptors (Lipinski definition) is 16. The number of nitrogens with zero attached hydrogens (tertiary/aromatic N) is 7. The molecule has 21 heteroatoms. The van der Waals surface area contributed by atoms with Crippen molar-refractivity contribution in [3.63, 3.8) is 0 Å². The Kier molecular flexibility index (Phi) is 27.3. The van der Waals surface area contributed by atoms with E-state index in [1.165, 1.54) is 42.6 Å². The molecule has 0 aromatic carbocycles. The minimum atomic E-state index is -0.658. The number of ether oxygens (including phenoxy) is 1. The second-order valence-electron chi connectivity index (χ2n) is 49.1. The average molecular weight is 1790 g/mol. The lowest BCUT2D eigenvalue weighted by atomic mass is 9.34. The zero-order valence-corrected chi connectivity index (χ0v) is 84.8. The van der Waals surface area contributed by atoms with E-state index < -0.39 is 38.1 Å². The predicted octanol–water partition coefficient (Wildman–Crippen LogP) is 23.2. The number of rotatable bonds is 6. The monoisotopic (exact) mass is 1790 g/mol. The van der Waals surface area contributed by atoms with Gasteiger partial charge in [-0.3, -0.25) is 24.7 Å². The van der Waals surface area contributed by atoms with E-state index in [0.29, 0.717) is 19.0 Å². The van der Waals surface area contributed by atoms with Gasteiger partial charge in [-0.05, 0) is 307 Å². The minimum absolute atomic E-state index is 0.00387. The molecule has 15 aliphatic carbocycles. The molecule has 1 amide bonds. The molecular formula is C107H155N11O8S2. The Bertz CT molecular complexity index is 5020. The zero-order valence-electron chi connectivity index (χ0n) is 83.2. The first-order valence-corrected chi connectivity index (χ1v) is 50.3. The summed E-state index contributed by atoms with van der Waals surface area (Å²) in [6.07, 6.45) is 41.9. The van der Waals surface area contributed by atoms with Gasteiger partial charge in [-0.2, -0.15) is 15.5 Å². The van der Waals surface area contributed by atoms with Crippen molar-refractivity contribution in [3.05, 3.63) is 105 Å². The van der Waals surface area contributed by atoms with Crippen molar-refractivity contribution >= 4 is 74.5 Å². The summed E-state index contributed by atoms with van der Waals surface area (Å²) >= 11 is 2.97. The lowest BCUT2D eigenvalue weighted by Crippen LogP contribution is -2.65. The molecule has 0 radical (unpaired) electrons. The van der Waals surface area contributed by atoms with Crippen molar-refractivity contribution in [2.45, 2.75) is 319 Å². The number of ketones is 6. The van der Waals surface area contributed by atoms with Gasteiger partial charge in [-0.1, -0.05) is 180 Å². The van der Waals surface area contributed by atoms with E-state index in [9.17, 15) is 38.8 Å². The maximum atomic E-state index is 14.6. The Morgan fingerprint density at radius 1 is 0.500 bits per heavy atom. The van der Waals surface area contributed by atoms with Gasteiger partial charge in [-0.15, -0.1) is 23.5 Å². The van der Waals surface area contributed by atoms with Crippen LogP contribution in [0.3, 0.4) is 0 Å². The van der Waals surface area contributed by atoms with Crippen molar-refractivity contribution in [2.75, 3.05) is 39.7 Å². The SMILES string of the molecule is CN.CSC(=NC#N)SC.[C-]#[N+]C1=C[C@]2(C)C3=CC(=O)[C@@H]4[C@@H]5CC(C)(C)CC[C@]5(CCC(=NC)NC#N)CC[C@@]4(C)[C@]3(C)CC[C@H]2C(C)(C)C1=O.[C-]#[N+]C1=C[C@]2(C)C3=CC(=O)[C@@H]4[C@@H]5CC(C)(C)CC[C@]5(CN)CC[C@@]4(C)[C@]3(C)CC[C@H]2C(C)(C)C1=O.[C-]#[N+]C1=C[C@]2(C)C3=CC(=O)[C@@H]4[C@@H]5CC(C)(C)CC[C@]5(CNC(=O)OC(C)(C)C)CC[C@@]4(C)[C@]3(C)CC[C@H]2C(C)(C)C1=O. The topological polar surface area (TPSA) is 290 Å².